The van der Waals surface area contributed by atoms with Crippen molar-refractivity contribution >= 4 is 16.9 Å². The van der Waals surface area contributed by atoms with E-state index >= 15 is 0 Å². The van der Waals surface area contributed by atoms with Crippen LogP contribution in [0, 0.1) is 13.8 Å². The van der Waals surface area contributed by atoms with Crippen LogP contribution >= 0.6 is 0 Å². The number of hydrogen-bond donors (Lipinski definition) is 1. The Labute approximate surface area is 147 Å². The molecule has 0 fully saturated rings. The highest BCUT2D eigenvalue weighted by Crippen LogP contribution is 2.23. The first-order chi connectivity index (χ1) is 12.0. The van der Waals surface area contributed by atoms with Crippen LogP contribution in [0.1, 0.15) is 36.3 Å². The lowest BCUT2D eigenvalue weighted by atomic mass is 10.1. The van der Waals surface area contributed by atoms with Gasteiger partial charge in [-0.05, 0) is 50.1 Å². The summed E-state index contributed by atoms with van der Waals surface area (Å²) in [5.74, 6) is 1.53. The number of furan rings is 1. The van der Waals surface area contributed by atoms with Crippen LogP contribution in [0.2, 0.25) is 0 Å². The first-order valence-electron chi connectivity index (χ1n) is 8.51. The summed E-state index contributed by atoms with van der Waals surface area (Å²) in [6.45, 7) is 6.29. The van der Waals surface area contributed by atoms with Gasteiger partial charge in [-0.15, -0.1) is 0 Å². The van der Waals surface area contributed by atoms with E-state index in [1.54, 1.807) is 0 Å². The fraction of sp³-hybridized carbons (Fsp3) is 0.286. The van der Waals surface area contributed by atoms with E-state index in [0.29, 0.717) is 13.0 Å². The maximum absolute atomic E-state index is 12.2. The molecule has 1 unspecified atom stereocenters. The van der Waals surface area contributed by atoms with Crippen LogP contribution in [0.4, 0.5) is 0 Å². The van der Waals surface area contributed by atoms with Crippen LogP contribution in [0.3, 0.4) is 0 Å². The Hall–Kier alpha value is -2.75. The van der Waals surface area contributed by atoms with Crippen molar-refractivity contribution in [2.75, 3.05) is 6.61 Å². The van der Waals surface area contributed by atoms with Crippen molar-refractivity contribution in [1.29, 1.82) is 0 Å². The van der Waals surface area contributed by atoms with Crippen LogP contribution in [0.25, 0.3) is 11.0 Å². The number of para-hydroxylation sites is 1. The van der Waals surface area contributed by atoms with Gasteiger partial charge in [-0.2, -0.15) is 0 Å². The van der Waals surface area contributed by atoms with Gasteiger partial charge in [-0.25, -0.2) is 0 Å². The summed E-state index contributed by atoms with van der Waals surface area (Å²) in [6.07, 6.45) is 0.304. The molecule has 0 aliphatic heterocycles. The van der Waals surface area contributed by atoms with E-state index in [9.17, 15) is 4.79 Å². The molecular formula is C21H23NO3. The van der Waals surface area contributed by atoms with Gasteiger partial charge in [-0.3, -0.25) is 4.79 Å². The van der Waals surface area contributed by atoms with Crippen LogP contribution in [0.5, 0.6) is 5.75 Å². The van der Waals surface area contributed by atoms with Gasteiger partial charge in [0.05, 0.1) is 19.1 Å². The Bertz CT molecular complexity index is 849. The van der Waals surface area contributed by atoms with E-state index in [-0.39, 0.29) is 11.9 Å². The second-order valence-electron chi connectivity index (χ2n) is 6.34. The zero-order valence-electron chi connectivity index (χ0n) is 14.8. The minimum absolute atomic E-state index is 0.0572. The third-order valence-corrected chi connectivity index (χ3v) is 4.18. The summed E-state index contributed by atoms with van der Waals surface area (Å²) in [5.41, 5.74) is 3.04. The molecule has 25 heavy (non-hydrogen) atoms. The van der Waals surface area contributed by atoms with Crippen LogP contribution < -0.4 is 10.1 Å². The minimum atomic E-state index is -0.180. The number of rotatable bonds is 6. The predicted molar refractivity (Wildman–Crippen MR) is 98.8 cm³/mol. The van der Waals surface area contributed by atoms with Gasteiger partial charge < -0.3 is 14.5 Å². The Morgan fingerprint density at radius 1 is 1.16 bits per heavy atom. The quantitative estimate of drug-likeness (QED) is 0.709. The smallest absolute Gasteiger partial charge is 0.224 e. The van der Waals surface area contributed by atoms with E-state index in [2.05, 4.69) is 5.32 Å². The van der Waals surface area contributed by atoms with E-state index in [1.807, 2.05) is 69.3 Å². The number of aryl methyl sites for hydroxylation is 2. The second kappa shape index (κ2) is 7.43. The Morgan fingerprint density at radius 3 is 2.76 bits per heavy atom. The van der Waals surface area contributed by atoms with Gasteiger partial charge in [-0.1, -0.05) is 30.3 Å². The molecule has 1 atom stereocenters. The molecule has 1 N–H and O–H groups in total. The van der Waals surface area contributed by atoms with Crippen molar-refractivity contribution in [1.82, 2.24) is 5.32 Å². The maximum atomic E-state index is 12.2. The highest BCUT2D eigenvalue weighted by molar-refractivity contribution is 5.79. The molecule has 4 nitrogen and oxygen atoms in total. The van der Waals surface area contributed by atoms with Crippen LogP contribution in [-0.4, -0.2) is 12.5 Å². The number of hydrogen-bond acceptors (Lipinski definition) is 3. The molecule has 0 radical (unpaired) electrons. The molecule has 1 aromatic heterocycles. The third kappa shape index (κ3) is 4.21. The molecule has 0 saturated carbocycles. The number of ether oxygens (including phenoxy) is 1. The van der Waals surface area contributed by atoms with E-state index < -0.39 is 0 Å². The van der Waals surface area contributed by atoms with Gasteiger partial charge in [0, 0.05) is 5.39 Å². The predicted octanol–water partition coefficient (Wildman–Crippen LogP) is 4.70. The second-order valence-corrected chi connectivity index (χ2v) is 6.34. The molecular weight excluding hydrogens is 314 g/mol. The lowest BCUT2D eigenvalue weighted by molar-refractivity contribution is -0.122. The van der Waals surface area contributed by atoms with Gasteiger partial charge in [0.2, 0.25) is 5.91 Å². The van der Waals surface area contributed by atoms with E-state index in [1.165, 1.54) is 0 Å². The third-order valence-electron chi connectivity index (χ3n) is 4.18. The molecule has 4 heteroatoms. The van der Waals surface area contributed by atoms with Crippen molar-refractivity contribution in [3.8, 4) is 5.75 Å². The number of fused-ring (bicyclic) bond motifs is 1. The number of nitrogens with one attached hydrogen (secondary N) is 1. The molecule has 3 aromatic rings. The first-order valence-corrected chi connectivity index (χ1v) is 8.51. The van der Waals surface area contributed by atoms with Gasteiger partial charge in [0.25, 0.3) is 0 Å². The van der Waals surface area contributed by atoms with Gasteiger partial charge in [0.1, 0.15) is 17.1 Å². The zero-order valence-corrected chi connectivity index (χ0v) is 14.8. The number of carbonyl (C=O) groups is 1. The Kier molecular flexibility index (Phi) is 5.08. The summed E-state index contributed by atoms with van der Waals surface area (Å²) in [4.78, 5) is 12.2. The van der Waals surface area contributed by atoms with Gasteiger partial charge in [0.15, 0.2) is 0 Å². The lowest BCUT2D eigenvalue weighted by Crippen LogP contribution is -2.27. The maximum Gasteiger partial charge on any atom is 0.224 e. The largest absolute Gasteiger partial charge is 0.493 e. The number of amides is 1. The topological polar surface area (TPSA) is 51.5 Å². The fourth-order valence-corrected chi connectivity index (χ4v) is 2.72. The average Bonchev–Trinajstić information content (AvgIpc) is 3.02. The monoisotopic (exact) mass is 337 g/mol. The van der Waals surface area contributed by atoms with Gasteiger partial charge >= 0.3 is 0 Å². The van der Waals surface area contributed by atoms with Crippen molar-refractivity contribution < 1.29 is 13.9 Å². The molecule has 0 spiro atoms. The normalized spacial score (nSPS) is 12.1. The molecule has 2 aromatic carbocycles. The highest BCUT2D eigenvalue weighted by atomic mass is 16.5. The number of benzene rings is 2. The van der Waals surface area contributed by atoms with E-state index in [0.717, 1.165) is 33.6 Å². The number of carbonyl (C=O) groups excluding carboxylic acids is 1. The minimum Gasteiger partial charge on any atom is -0.493 e. The molecule has 0 aliphatic rings. The summed E-state index contributed by atoms with van der Waals surface area (Å²) in [6, 6.07) is 15.7. The molecule has 1 heterocycles. The fourth-order valence-electron chi connectivity index (χ4n) is 2.72. The summed E-state index contributed by atoms with van der Waals surface area (Å²) in [5, 5.41) is 4.00. The molecule has 130 valence electrons. The Balaban J connectivity index is 1.52. The SMILES string of the molecule is Cc1ccc(C)c(OCCC(=O)NC(C)c2cc3ccccc3o2)c1. The van der Waals surface area contributed by atoms with Crippen molar-refractivity contribution in [2.24, 2.45) is 0 Å². The highest BCUT2D eigenvalue weighted by Gasteiger charge is 2.14. The lowest BCUT2D eigenvalue weighted by Gasteiger charge is -2.13. The zero-order chi connectivity index (χ0) is 17.8. The summed E-state index contributed by atoms with van der Waals surface area (Å²) < 4.78 is 11.5. The van der Waals surface area contributed by atoms with Crippen molar-refractivity contribution in [3.63, 3.8) is 0 Å². The van der Waals surface area contributed by atoms with Crippen molar-refractivity contribution in [3.05, 3.63) is 65.4 Å². The molecule has 0 aliphatic carbocycles. The molecule has 3 rings (SSSR count). The van der Waals surface area contributed by atoms with Crippen molar-refractivity contribution in [2.45, 2.75) is 33.2 Å². The molecule has 0 bridgehead atoms. The average molecular weight is 337 g/mol. The Morgan fingerprint density at radius 2 is 1.96 bits per heavy atom. The molecule has 1 amide bonds. The van der Waals surface area contributed by atoms with Crippen LogP contribution in [0.15, 0.2) is 52.9 Å². The standard InChI is InChI=1S/C21H23NO3/c1-14-8-9-15(2)19(12-14)24-11-10-21(23)22-16(3)20-13-17-6-4-5-7-18(17)25-20/h4-9,12-13,16H,10-11H2,1-3H3,(H,22,23). The first kappa shape index (κ1) is 17.1. The summed E-state index contributed by atoms with van der Waals surface area (Å²) >= 11 is 0. The van der Waals surface area contributed by atoms with E-state index in [4.69, 9.17) is 9.15 Å². The summed E-state index contributed by atoms with van der Waals surface area (Å²) in [7, 11) is 0. The van der Waals surface area contributed by atoms with Crippen LogP contribution in [-0.2, 0) is 4.79 Å². The molecule has 0 saturated heterocycles.